The fourth-order valence-corrected chi connectivity index (χ4v) is 6.27. The average molecular weight is 512 g/mol. The first-order valence-corrected chi connectivity index (χ1v) is 13.5. The molecule has 0 saturated carbocycles. The molecule has 0 radical (unpaired) electrons. The highest BCUT2D eigenvalue weighted by Gasteiger charge is 2.40. The van der Waals surface area contributed by atoms with E-state index in [1.54, 1.807) is 18.3 Å². The topological polar surface area (TPSA) is 112 Å². The number of benzene rings is 1. The molecule has 2 aliphatic rings. The van der Waals surface area contributed by atoms with Gasteiger partial charge < -0.3 is 10.6 Å². The van der Waals surface area contributed by atoms with E-state index in [4.69, 9.17) is 0 Å². The van der Waals surface area contributed by atoms with Crippen LogP contribution in [0.25, 0.3) is 0 Å². The highest BCUT2D eigenvalue weighted by molar-refractivity contribution is 7.89. The summed E-state index contributed by atoms with van der Waals surface area (Å²) in [5.74, 6) is -0.887. The Balaban J connectivity index is 1.42. The van der Waals surface area contributed by atoms with Crippen molar-refractivity contribution in [3.63, 3.8) is 0 Å². The lowest BCUT2D eigenvalue weighted by atomic mass is 9.79. The van der Waals surface area contributed by atoms with Crippen LogP contribution in [-0.2, 0) is 26.2 Å². The molecular formula is C26H33N5O4S. The number of hydrogen-bond acceptors (Lipinski definition) is 6. The summed E-state index contributed by atoms with van der Waals surface area (Å²) >= 11 is 0. The van der Waals surface area contributed by atoms with Gasteiger partial charge in [-0.2, -0.15) is 0 Å². The molecule has 192 valence electrons. The minimum Gasteiger partial charge on any atom is -0.353 e. The summed E-state index contributed by atoms with van der Waals surface area (Å²) in [6.45, 7) is 8.47. The zero-order valence-electron chi connectivity index (χ0n) is 20.8. The van der Waals surface area contributed by atoms with E-state index in [0.29, 0.717) is 0 Å². The maximum Gasteiger partial charge on any atom is 0.264 e. The number of pyridine rings is 1. The molecule has 1 aromatic carbocycles. The predicted octanol–water partition coefficient (Wildman–Crippen LogP) is 2.16. The summed E-state index contributed by atoms with van der Waals surface area (Å²) in [6.07, 6.45) is 6.68. The Morgan fingerprint density at radius 3 is 2.64 bits per heavy atom. The Bertz CT molecular complexity index is 1230. The molecule has 0 aliphatic carbocycles. The summed E-state index contributed by atoms with van der Waals surface area (Å²) in [4.78, 5) is 32.3. The number of nitrogens with one attached hydrogen (secondary N) is 2. The van der Waals surface area contributed by atoms with Crippen molar-refractivity contribution in [3.05, 3.63) is 72.3 Å². The largest absolute Gasteiger partial charge is 0.353 e. The van der Waals surface area contributed by atoms with Gasteiger partial charge >= 0.3 is 0 Å². The van der Waals surface area contributed by atoms with Crippen molar-refractivity contribution in [1.82, 2.24) is 24.8 Å². The fourth-order valence-electron chi connectivity index (χ4n) is 4.82. The molecule has 9 nitrogen and oxygen atoms in total. The summed E-state index contributed by atoms with van der Waals surface area (Å²) in [6, 6.07) is 9.11. The Labute approximate surface area is 212 Å². The monoisotopic (exact) mass is 511 g/mol. The lowest BCUT2D eigenvalue weighted by Crippen LogP contribution is -2.57. The molecule has 3 heterocycles. The molecule has 2 aromatic rings. The average Bonchev–Trinajstić information content (AvgIpc) is 2.83. The highest BCUT2D eigenvalue weighted by atomic mass is 32.2. The molecule has 2 aliphatic heterocycles. The quantitative estimate of drug-likeness (QED) is 0.589. The van der Waals surface area contributed by atoms with Gasteiger partial charge in [0.1, 0.15) is 6.04 Å². The first-order chi connectivity index (χ1) is 17.1. The number of carbonyl (C=O) groups excluding carboxylic acids is 2. The molecule has 0 unspecified atom stereocenters. The number of piperidine rings is 1. The lowest BCUT2D eigenvalue weighted by Gasteiger charge is -2.44. The van der Waals surface area contributed by atoms with Crippen molar-refractivity contribution in [3.8, 4) is 0 Å². The first-order valence-electron chi connectivity index (χ1n) is 12.0. The van der Waals surface area contributed by atoms with Crippen LogP contribution in [0.4, 0.5) is 0 Å². The standard InChI is InChI=1S/C26H33N5O4S/c1-19-6-8-21(9-7-19)36(34,35)31-14-12-28-25(33)22(31)15-24(32)29-23-10-13-30(18-26(23,2)3)17-20-5-4-11-27-16-20/h4-9,11-12,14,16,22-23H,10,13,15,17-18H2,1-3H3,(H,28,33)(H,29,32)/t22-,23+/m1/s1. The highest BCUT2D eigenvalue weighted by Crippen LogP contribution is 2.30. The molecule has 4 rings (SSSR count). The van der Waals surface area contributed by atoms with E-state index in [9.17, 15) is 18.0 Å². The number of hydrogen-bond donors (Lipinski definition) is 2. The van der Waals surface area contributed by atoms with Gasteiger partial charge in [-0.3, -0.25) is 23.8 Å². The molecule has 0 spiro atoms. The van der Waals surface area contributed by atoms with Crippen molar-refractivity contribution in [2.24, 2.45) is 5.41 Å². The second kappa shape index (κ2) is 10.4. The number of carbonyl (C=O) groups is 2. The number of aromatic nitrogens is 1. The van der Waals surface area contributed by atoms with E-state index in [2.05, 4.69) is 34.4 Å². The van der Waals surface area contributed by atoms with Crippen molar-refractivity contribution < 1.29 is 18.0 Å². The van der Waals surface area contributed by atoms with Crippen LogP contribution >= 0.6 is 0 Å². The van der Waals surface area contributed by atoms with E-state index >= 15 is 0 Å². The summed E-state index contributed by atoms with van der Waals surface area (Å²) in [5, 5.41) is 5.61. The van der Waals surface area contributed by atoms with Gasteiger partial charge in [-0.1, -0.05) is 37.6 Å². The molecule has 1 saturated heterocycles. The third-order valence-corrected chi connectivity index (χ3v) is 8.60. The normalized spacial score (nSPS) is 22.2. The maximum absolute atomic E-state index is 13.3. The third-order valence-electron chi connectivity index (χ3n) is 6.80. The van der Waals surface area contributed by atoms with Gasteiger partial charge in [0.2, 0.25) is 11.8 Å². The Hall–Kier alpha value is -3.24. The Kier molecular flexibility index (Phi) is 7.46. The van der Waals surface area contributed by atoms with Gasteiger partial charge in [-0.05, 0) is 42.5 Å². The Morgan fingerprint density at radius 2 is 1.97 bits per heavy atom. The van der Waals surface area contributed by atoms with Gasteiger partial charge in [-0.25, -0.2) is 8.42 Å². The van der Waals surface area contributed by atoms with Crippen LogP contribution < -0.4 is 10.6 Å². The van der Waals surface area contributed by atoms with Crippen LogP contribution in [0.5, 0.6) is 0 Å². The van der Waals surface area contributed by atoms with Crippen molar-refractivity contribution in [2.75, 3.05) is 13.1 Å². The van der Waals surface area contributed by atoms with Crippen LogP contribution in [0.1, 0.15) is 37.8 Å². The number of likely N-dealkylation sites (tertiary alicyclic amines) is 1. The lowest BCUT2D eigenvalue weighted by molar-refractivity contribution is -0.130. The van der Waals surface area contributed by atoms with Gasteiger partial charge in [0.05, 0.1) is 11.3 Å². The SMILES string of the molecule is Cc1ccc(S(=O)(=O)N2C=CNC(=O)[C@H]2CC(=O)N[C@H]2CCN(Cc3cccnc3)CC2(C)C)cc1. The third kappa shape index (κ3) is 5.76. The van der Waals surface area contributed by atoms with E-state index in [0.717, 1.165) is 41.5 Å². The zero-order valence-corrected chi connectivity index (χ0v) is 21.7. The number of rotatable bonds is 7. The van der Waals surface area contributed by atoms with Crippen LogP contribution in [-0.4, -0.2) is 59.6 Å². The molecule has 0 bridgehead atoms. The van der Waals surface area contributed by atoms with Gasteiger partial charge in [-0.15, -0.1) is 0 Å². The second-order valence-electron chi connectivity index (χ2n) is 10.2. The number of amides is 2. The van der Waals surface area contributed by atoms with E-state index < -0.39 is 22.0 Å². The number of nitrogens with zero attached hydrogens (tertiary/aromatic N) is 3. The number of aryl methyl sites for hydroxylation is 1. The number of sulfonamides is 1. The van der Waals surface area contributed by atoms with Crippen LogP contribution in [0, 0.1) is 12.3 Å². The molecule has 2 amide bonds. The van der Waals surface area contributed by atoms with E-state index in [1.165, 1.54) is 24.5 Å². The van der Waals surface area contributed by atoms with Crippen LogP contribution in [0.2, 0.25) is 0 Å². The minimum absolute atomic E-state index is 0.0694. The summed E-state index contributed by atoms with van der Waals surface area (Å²) in [7, 11) is -4.01. The first kappa shape index (κ1) is 25.8. The molecular weight excluding hydrogens is 478 g/mol. The van der Waals surface area contributed by atoms with Crippen LogP contribution in [0.3, 0.4) is 0 Å². The second-order valence-corrected chi connectivity index (χ2v) is 12.0. The van der Waals surface area contributed by atoms with Crippen molar-refractivity contribution in [1.29, 1.82) is 0 Å². The molecule has 10 heteroatoms. The molecule has 2 atom stereocenters. The maximum atomic E-state index is 13.3. The zero-order chi connectivity index (χ0) is 25.9. The van der Waals surface area contributed by atoms with Gasteiger partial charge in [0.25, 0.3) is 10.0 Å². The minimum atomic E-state index is -4.01. The fraction of sp³-hybridized carbons (Fsp3) is 0.423. The Morgan fingerprint density at radius 1 is 1.22 bits per heavy atom. The molecule has 1 aromatic heterocycles. The van der Waals surface area contributed by atoms with Crippen molar-refractivity contribution >= 4 is 21.8 Å². The summed E-state index contributed by atoms with van der Waals surface area (Å²) < 4.78 is 27.5. The predicted molar refractivity (Wildman–Crippen MR) is 136 cm³/mol. The van der Waals surface area contributed by atoms with E-state index in [1.807, 2.05) is 25.3 Å². The van der Waals surface area contributed by atoms with Crippen molar-refractivity contribution in [2.45, 2.75) is 57.1 Å². The van der Waals surface area contributed by atoms with Gasteiger partial charge in [0.15, 0.2) is 0 Å². The van der Waals surface area contributed by atoms with Gasteiger partial charge in [0, 0.05) is 50.5 Å². The molecule has 1 fully saturated rings. The van der Waals surface area contributed by atoms with Crippen LogP contribution in [0.15, 0.2) is 66.1 Å². The van der Waals surface area contributed by atoms with E-state index in [-0.39, 0.29) is 28.7 Å². The molecule has 2 N–H and O–H groups in total. The molecule has 36 heavy (non-hydrogen) atoms. The summed E-state index contributed by atoms with van der Waals surface area (Å²) in [5.41, 5.74) is 1.85. The smallest absolute Gasteiger partial charge is 0.264 e.